The Morgan fingerprint density at radius 2 is 2.32 bits per heavy atom. The summed E-state index contributed by atoms with van der Waals surface area (Å²) < 4.78 is 10.5. The van der Waals surface area contributed by atoms with Crippen molar-refractivity contribution in [2.24, 2.45) is 5.92 Å². The number of halogens is 1. The Morgan fingerprint density at radius 3 is 3.05 bits per heavy atom. The molecular formula is C15H19ClN2O4. The summed E-state index contributed by atoms with van der Waals surface area (Å²) in [6.07, 6.45) is 0.0910. The van der Waals surface area contributed by atoms with Gasteiger partial charge in [-0.15, -0.1) is 0 Å². The number of carbonyl (C=O) groups excluding carboxylic acids is 2. The highest BCUT2D eigenvalue weighted by Gasteiger charge is 2.28. The van der Waals surface area contributed by atoms with E-state index in [1.165, 1.54) is 0 Å². The van der Waals surface area contributed by atoms with Gasteiger partial charge in [-0.1, -0.05) is 11.6 Å². The number of rotatable bonds is 5. The first-order chi connectivity index (χ1) is 10.5. The lowest BCUT2D eigenvalue weighted by atomic mass is 10.1. The summed E-state index contributed by atoms with van der Waals surface area (Å²) in [4.78, 5) is 25.9. The van der Waals surface area contributed by atoms with E-state index in [0.29, 0.717) is 29.6 Å². The number of amides is 2. The second kappa shape index (κ2) is 7.47. The van der Waals surface area contributed by atoms with Gasteiger partial charge in [-0.25, -0.2) is 0 Å². The minimum Gasteiger partial charge on any atom is -0.491 e. The van der Waals surface area contributed by atoms with E-state index in [1.54, 1.807) is 37.3 Å². The van der Waals surface area contributed by atoms with Crippen LogP contribution >= 0.6 is 11.6 Å². The molecule has 0 fully saturated rings. The molecule has 1 aromatic rings. The molecular weight excluding hydrogens is 308 g/mol. The number of fused-ring (bicyclic) bond motifs is 1. The van der Waals surface area contributed by atoms with Gasteiger partial charge in [-0.3, -0.25) is 9.59 Å². The Hall–Kier alpha value is -1.79. The number of methoxy groups -OCH3 is 1. The topological polar surface area (TPSA) is 67.9 Å². The fraction of sp³-hybridized carbons (Fsp3) is 0.467. The van der Waals surface area contributed by atoms with Gasteiger partial charge in [0.05, 0.1) is 18.2 Å². The minimum atomic E-state index is -0.538. The van der Waals surface area contributed by atoms with Crippen molar-refractivity contribution in [2.45, 2.75) is 6.42 Å². The summed E-state index contributed by atoms with van der Waals surface area (Å²) in [6.45, 7) is 1.10. The van der Waals surface area contributed by atoms with Crippen LogP contribution in [0.2, 0.25) is 5.02 Å². The zero-order chi connectivity index (χ0) is 16.1. The molecule has 2 amide bonds. The Balaban J connectivity index is 2.00. The van der Waals surface area contributed by atoms with Gasteiger partial charge in [0.2, 0.25) is 11.8 Å². The molecule has 0 spiro atoms. The molecule has 0 saturated heterocycles. The van der Waals surface area contributed by atoms with Crippen LogP contribution in [0.15, 0.2) is 18.2 Å². The minimum absolute atomic E-state index is 0.0910. The third-order valence-electron chi connectivity index (χ3n) is 3.49. The number of nitrogens with zero attached hydrogens (tertiary/aromatic N) is 1. The van der Waals surface area contributed by atoms with E-state index in [1.807, 2.05) is 0 Å². The highest BCUT2D eigenvalue weighted by atomic mass is 35.5. The summed E-state index contributed by atoms with van der Waals surface area (Å²) in [6, 6.07) is 5.02. The SMILES string of the molecule is COCCN(C)C(=O)CC1COc2ccc(Cl)cc2NC1=O. The van der Waals surface area contributed by atoms with Crippen LogP contribution in [-0.2, 0) is 14.3 Å². The number of nitrogens with one attached hydrogen (secondary N) is 1. The summed E-state index contributed by atoms with van der Waals surface area (Å²) in [5.41, 5.74) is 0.528. The van der Waals surface area contributed by atoms with E-state index < -0.39 is 5.92 Å². The van der Waals surface area contributed by atoms with Crippen molar-refractivity contribution in [1.82, 2.24) is 4.90 Å². The third-order valence-corrected chi connectivity index (χ3v) is 3.72. The summed E-state index contributed by atoms with van der Waals surface area (Å²) in [5, 5.41) is 3.27. The Morgan fingerprint density at radius 1 is 1.55 bits per heavy atom. The number of benzene rings is 1. The van der Waals surface area contributed by atoms with Crippen molar-refractivity contribution < 1.29 is 19.1 Å². The van der Waals surface area contributed by atoms with Gasteiger partial charge in [0.1, 0.15) is 12.4 Å². The fourth-order valence-corrected chi connectivity index (χ4v) is 2.27. The lowest BCUT2D eigenvalue weighted by molar-refractivity contribution is -0.134. The molecule has 0 saturated carbocycles. The van der Waals surface area contributed by atoms with Crippen LogP contribution in [0, 0.1) is 5.92 Å². The standard InChI is InChI=1S/C15H19ClN2O4/c1-18(5-6-21-2)14(19)7-10-9-22-13-4-3-11(16)8-12(13)17-15(10)20/h3-4,8,10H,5-7,9H2,1-2H3,(H,17,20). The molecule has 1 unspecified atom stereocenters. The van der Waals surface area contributed by atoms with Crippen molar-refractivity contribution in [3.8, 4) is 5.75 Å². The maximum Gasteiger partial charge on any atom is 0.231 e. The van der Waals surface area contributed by atoms with Gasteiger partial charge >= 0.3 is 0 Å². The zero-order valence-electron chi connectivity index (χ0n) is 12.6. The molecule has 0 aliphatic carbocycles. The first-order valence-corrected chi connectivity index (χ1v) is 7.35. The zero-order valence-corrected chi connectivity index (χ0v) is 13.4. The average molecular weight is 327 g/mol. The smallest absolute Gasteiger partial charge is 0.231 e. The van der Waals surface area contributed by atoms with Crippen LogP contribution in [0.3, 0.4) is 0 Å². The molecule has 1 heterocycles. The van der Waals surface area contributed by atoms with Gasteiger partial charge < -0.3 is 19.7 Å². The van der Waals surface area contributed by atoms with E-state index >= 15 is 0 Å². The summed E-state index contributed by atoms with van der Waals surface area (Å²) in [5.74, 6) is -0.344. The Bertz CT molecular complexity index is 564. The van der Waals surface area contributed by atoms with Crippen LogP contribution < -0.4 is 10.1 Å². The van der Waals surface area contributed by atoms with Crippen molar-refractivity contribution in [1.29, 1.82) is 0 Å². The van der Waals surface area contributed by atoms with Crippen molar-refractivity contribution >= 4 is 29.1 Å². The molecule has 7 heteroatoms. The van der Waals surface area contributed by atoms with Gasteiger partial charge in [-0.05, 0) is 18.2 Å². The van der Waals surface area contributed by atoms with Crippen molar-refractivity contribution in [2.75, 3.05) is 39.2 Å². The monoisotopic (exact) mass is 326 g/mol. The predicted octanol–water partition coefficient (Wildman–Crippen LogP) is 1.78. The average Bonchev–Trinajstić information content (AvgIpc) is 2.63. The van der Waals surface area contributed by atoms with Crippen LogP contribution in [0.25, 0.3) is 0 Å². The first-order valence-electron chi connectivity index (χ1n) is 6.97. The summed E-state index contributed by atoms with van der Waals surface area (Å²) >= 11 is 5.91. The van der Waals surface area contributed by atoms with Gasteiger partial charge in [0.15, 0.2) is 0 Å². The second-order valence-corrected chi connectivity index (χ2v) is 5.59. The van der Waals surface area contributed by atoms with Crippen LogP contribution in [-0.4, -0.2) is 50.6 Å². The van der Waals surface area contributed by atoms with E-state index in [4.69, 9.17) is 21.1 Å². The highest BCUT2D eigenvalue weighted by Crippen LogP contribution is 2.31. The van der Waals surface area contributed by atoms with Crippen LogP contribution in [0.1, 0.15) is 6.42 Å². The van der Waals surface area contributed by atoms with Crippen LogP contribution in [0.5, 0.6) is 5.75 Å². The molecule has 0 bridgehead atoms. The molecule has 1 atom stereocenters. The number of anilines is 1. The largest absolute Gasteiger partial charge is 0.491 e. The summed E-state index contributed by atoms with van der Waals surface area (Å²) in [7, 11) is 3.26. The van der Waals surface area contributed by atoms with Gasteiger partial charge in [0.25, 0.3) is 0 Å². The molecule has 22 heavy (non-hydrogen) atoms. The van der Waals surface area contributed by atoms with Crippen LogP contribution in [0.4, 0.5) is 5.69 Å². The molecule has 1 aliphatic rings. The highest BCUT2D eigenvalue weighted by molar-refractivity contribution is 6.31. The van der Waals surface area contributed by atoms with E-state index in [9.17, 15) is 9.59 Å². The molecule has 1 aromatic carbocycles. The molecule has 0 aromatic heterocycles. The van der Waals surface area contributed by atoms with E-state index in [0.717, 1.165) is 0 Å². The maximum absolute atomic E-state index is 12.2. The third kappa shape index (κ3) is 4.11. The lowest BCUT2D eigenvalue weighted by Crippen LogP contribution is -2.35. The van der Waals surface area contributed by atoms with Gasteiger partial charge in [0, 0.05) is 32.1 Å². The molecule has 2 rings (SSSR count). The van der Waals surface area contributed by atoms with Crippen molar-refractivity contribution in [3.63, 3.8) is 0 Å². The lowest BCUT2D eigenvalue weighted by Gasteiger charge is -2.19. The molecule has 1 N–H and O–H groups in total. The fourth-order valence-electron chi connectivity index (χ4n) is 2.10. The number of hydrogen-bond donors (Lipinski definition) is 1. The number of likely N-dealkylation sites (N-methyl/N-ethyl adjacent to an activating group) is 1. The predicted molar refractivity (Wildman–Crippen MR) is 83.2 cm³/mol. The van der Waals surface area contributed by atoms with Gasteiger partial charge in [-0.2, -0.15) is 0 Å². The maximum atomic E-state index is 12.2. The molecule has 6 nitrogen and oxygen atoms in total. The van der Waals surface area contributed by atoms with E-state index in [-0.39, 0.29) is 24.8 Å². The molecule has 0 radical (unpaired) electrons. The van der Waals surface area contributed by atoms with E-state index in [2.05, 4.69) is 5.32 Å². The number of ether oxygens (including phenoxy) is 2. The Labute approximate surface area is 134 Å². The normalized spacial score (nSPS) is 17.0. The van der Waals surface area contributed by atoms with Crippen molar-refractivity contribution in [3.05, 3.63) is 23.2 Å². The number of carbonyl (C=O) groups is 2. The molecule has 1 aliphatic heterocycles. The number of hydrogen-bond acceptors (Lipinski definition) is 4. The first kappa shape index (κ1) is 16.6. The Kier molecular flexibility index (Phi) is 5.63. The molecule has 120 valence electrons. The second-order valence-electron chi connectivity index (χ2n) is 5.15. The quantitative estimate of drug-likeness (QED) is 0.895.